The van der Waals surface area contributed by atoms with Gasteiger partial charge in [-0.3, -0.25) is 9.48 Å². The normalized spacial score (nSPS) is 10.9. The third-order valence-electron chi connectivity index (χ3n) is 1.81. The predicted octanol–water partition coefficient (Wildman–Crippen LogP) is 1.15. The first-order chi connectivity index (χ1) is 5.97. The minimum atomic E-state index is -0.969. The Morgan fingerprint density at radius 2 is 2.31 bits per heavy atom. The smallest absolute Gasteiger partial charge is 0.185 e. The minimum absolute atomic E-state index is 0.192. The van der Waals surface area contributed by atoms with Gasteiger partial charge in [0.2, 0.25) is 0 Å². The van der Waals surface area contributed by atoms with Crippen LogP contribution in [0.15, 0.2) is 12.4 Å². The Morgan fingerprint density at radius 3 is 2.69 bits per heavy atom. The zero-order chi connectivity index (χ0) is 10.1. The van der Waals surface area contributed by atoms with Gasteiger partial charge in [-0.2, -0.15) is 10.4 Å². The summed E-state index contributed by atoms with van der Waals surface area (Å²) in [7, 11) is 1.73. The summed E-state index contributed by atoms with van der Waals surface area (Å²) in [6, 6.07) is 1.96. The van der Waals surface area contributed by atoms with Gasteiger partial charge in [0.15, 0.2) is 5.78 Å². The molecule has 0 aliphatic rings. The van der Waals surface area contributed by atoms with Gasteiger partial charge in [0, 0.05) is 13.2 Å². The second kappa shape index (κ2) is 3.02. The van der Waals surface area contributed by atoms with Gasteiger partial charge < -0.3 is 0 Å². The first-order valence-corrected chi connectivity index (χ1v) is 3.92. The Kier molecular flexibility index (Phi) is 2.20. The van der Waals surface area contributed by atoms with Crippen molar-refractivity contribution >= 4 is 5.78 Å². The van der Waals surface area contributed by atoms with Crippen LogP contribution in [0.1, 0.15) is 24.2 Å². The largest absolute Gasteiger partial charge is 0.292 e. The van der Waals surface area contributed by atoms with E-state index in [-0.39, 0.29) is 5.78 Å². The van der Waals surface area contributed by atoms with Crippen molar-refractivity contribution in [1.82, 2.24) is 9.78 Å². The number of carbonyl (C=O) groups is 1. The van der Waals surface area contributed by atoms with Crippen LogP contribution in [0.3, 0.4) is 0 Å². The van der Waals surface area contributed by atoms with Crippen LogP contribution in [0.5, 0.6) is 0 Å². The molecule has 0 saturated carbocycles. The number of aryl methyl sites for hydroxylation is 1. The lowest BCUT2D eigenvalue weighted by Crippen LogP contribution is -2.21. The number of ketones is 1. The van der Waals surface area contributed by atoms with Crippen molar-refractivity contribution in [2.24, 2.45) is 12.5 Å². The second-order valence-corrected chi connectivity index (χ2v) is 3.47. The monoisotopic (exact) mass is 177 g/mol. The van der Waals surface area contributed by atoms with E-state index in [0.717, 1.165) is 0 Å². The van der Waals surface area contributed by atoms with Crippen molar-refractivity contribution in [2.75, 3.05) is 0 Å². The van der Waals surface area contributed by atoms with E-state index in [0.29, 0.717) is 5.56 Å². The average Bonchev–Trinajstić information content (AvgIpc) is 2.50. The second-order valence-electron chi connectivity index (χ2n) is 3.47. The van der Waals surface area contributed by atoms with Gasteiger partial charge in [-0.1, -0.05) is 0 Å². The highest BCUT2D eigenvalue weighted by Gasteiger charge is 2.29. The first-order valence-electron chi connectivity index (χ1n) is 3.92. The molecule has 0 N–H and O–H groups in total. The Morgan fingerprint density at radius 1 is 1.69 bits per heavy atom. The maximum Gasteiger partial charge on any atom is 0.185 e. The molecular weight excluding hydrogens is 166 g/mol. The van der Waals surface area contributed by atoms with Crippen molar-refractivity contribution in [1.29, 1.82) is 5.26 Å². The fraction of sp³-hybridized carbons (Fsp3) is 0.444. The fourth-order valence-corrected chi connectivity index (χ4v) is 0.950. The van der Waals surface area contributed by atoms with E-state index in [1.165, 1.54) is 6.20 Å². The van der Waals surface area contributed by atoms with Crippen molar-refractivity contribution in [3.8, 4) is 6.07 Å². The highest BCUT2D eigenvalue weighted by Crippen LogP contribution is 2.19. The molecule has 0 radical (unpaired) electrons. The first kappa shape index (κ1) is 9.46. The molecule has 1 rings (SSSR count). The van der Waals surface area contributed by atoms with Gasteiger partial charge in [-0.25, -0.2) is 0 Å². The lowest BCUT2D eigenvalue weighted by molar-refractivity contribution is 0.0892. The van der Waals surface area contributed by atoms with Crippen LogP contribution < -0.4 is 0 Å². The van der Waals surface area contributed by atoms with Crippen LogP contribution >= 0.6 is 0 Å². The zero-order valence-electron chi connectivity index (χ0n) is 7.90. The Bertz CT molecular complexity index is 370. The van der Waals surface area contributed by atoms with E-state index < -0.39 is 5.41 Å². The standard InChI is InChI=1S/C9H11N3O/c1-9(2,6-10)8(13)7-4-11-12(3)5-7/h4-5H,1-3H3. The van der Waals surface area contributed by atoms with Gasteiger partial charge in [0.25, 0.3) is 0 Å². The Balaban J connectivity index is 3.00. The van der Waals surface area contributed by atoms with Crippen LogP contribution in [-0.4, -0.2) is 15.6 Å². The molecule has 0 aliphatic carbocycles. The van der Waals surface area contributed by atoms with Crippen molar-refractivity contribution in [3.63, 3.8) is 0 Å². The summed E-state index contributed by atoms with van der Waals surface area (Å²) in [4.78, 5) is 11.6. The van der Waals surface area contributed by atoms with Crippen molar-refractivity contribution < 1.29 is 4.79 Å². The van der Waals surface area contributed by atoms with E-state index in [2.05, 4.69) is 5.10 Å². The molecule has 1 aromatic rings. The van der Waals surface area contributed by atoms with Crippen LogP contribution in [0, 0.1) is 16.7 Å². The van der Waals surface area contributed by atoms with E-state index >= 15 is 0 Å². The van der Waals surface area contributed by atoms with Crippen LogP contribution in [0.25, 0.3) is 0 Å². The van der Waals surface area contributed by atoms with Crippen LogP contribution in [0.2, 0.25) is 0 Å². The van der Waals surface area contributed by atoms with Gasteiger partial charge >= 0.3 is 0 Å². The zero-order valence-corrected chi connectivity index (χ0v) is 7.90. The molecule has 4 heteroatoms. The molecule has 4 nitrogen and oxygen atoms in total. The number of hydrogen-bond donors (Lipinski definition) is 0. The summed E-state index contributed by atoms with van der Waals surface area (Å²) in [6.07, 6.45) is 3.09. The highest BCUT2D eigenvalue weighted by molar-refractivity contribution is 6.01. The molecule has 0 saturated heterocycles. The molecule has 1 heterocycles. The predicted molar refractivity (Wildman–Crippen MR) is 46.9 cm³/mol. The third-order valence-corrected chi connectivity index (χ3v) is 1.81. The van der Waals surface area contributed by atoms with Crippen LogP contribution in [0.4, 0.5) is 0 Å². The van der Waals surface area contributed by atoms with Crippen molar-refractivity contribution in [2.45, 2.75) is 13.8 Å². The van der Waals surface area contributed by atoms with Gasteiger partial charge in [-0.05, 0) is 13.8 Å². The summed E-state index contributed by atoms with van der Waals surface area (Å²) in [5, 5.41) is 12.6. The van der Waals surface area contributed by atoms with Gasteiger partial charge in [-0.15, -0.1) is 0 Å². The number of carbonyl (C=O) groups excluding carboxylic acids is 1. The summed E-state index contributed by atoms with van der Waals surface area (Å²) in [5.74, 6) is -0.192. The Labute approximate surface area is 76.8 Å². The number of aromatic nitrogens is 2. The van der Waals surface area contributed by atoms with Gasteiger partial charge in [0.1, 0.15) is 5.41 Å². The van der Waals surface area contributed by atoms with E-state index in [1.54, 1.807) is 31.8 Å². The summed E-state index contributed by atoms with van der Waals surface area (Å²) in [6.45, 7) is 3.20. The number of Topliss-reactive ketones (excluding diaryl/α,β-unsaturated/α-hetero) is 1. The van der Waals surface area contributed by atoms with E-state index in [4.69, 9.17) is 5.26 Å². The molecular formula is C9H11N3O. The number of hydrogen-bond acceptors (Lipinski definition) is 3. The summed E-state index contributed by atoms with van der Waals surface area (Å²) in [5.41, 5.74) is -0.489. The SMILES string of the molecule is Cn1cc(C(=O)C(C)(C)C#N)cn1. The highest BCUT2D eigenvalue weighted by atomic mass is 16.1. The molecule has 13 heavy (non-hydrogen) atoms. The molecule has 0 amide bonds. The van der Waals surface area contributed by atoms with Crippen molar-refractivity contribution in [3.05, 3.63) is 18.0 Å². The fourth-order valence-electron chi connectivity index (χ4n) is 0.950. The molecule has 0 spiro atoms. The summed E-state index contributed by atoms with van der Waals surface area (Å²) >= 11 is 0. The molecule has 0 atom stereocenters. The average molecular weight is 177 g/mol. The topological polar surface area (TPSA) is 58.7 Å². The van der Waals surface area contributed by atoms with Crippen LogP contribution in [-0.2, 0) is 7.05 Å². The molecule has 68 valence electrons. The number of nitriles is 1. The molecule has 0 bridgehead atoms. The minimum Gasteiger partial charge on any atom is -0.292 e. The summed E-state index contributed by atoms with van der Waals surface area (Å²) < 4.78 is 1.54. The maximum atomic E-state index is 11.6. The maximum absolute atomic E-state index is 11.6. The molecule has 0 fully saturated rings. The third kappa shape index (κ3) is 1.75. The number of nitrogens with zero attached hydrogens (tertiary/aromatic N) is 3. The molecule has 1 aromatic heterocycles. The number of rotatable bonds is 2. The molecule has 0 aromatic carbocycles. The van der Waals surface area contributed by atoms with E-state index in [9.17, 15) is 4.79 Å². The molecule has 0 aliphatic heterocycles. The lowest BCUT2D eigenvalue weighted by atomic mass is 9.87. The molecule has 0 unspecified atom stereocenters. The quantitative estimate of drug-likeness (QED) is 0.637. The van der Waals surface area contributed by atoms with E-state index in [1.807, 2.05) is 6.07 Å². The lowest BCUT2D eigenvalue weighted by Gasteiger charge is -2.10. The van der Waals surface area contributed by atoms with Gasteiger partial charge in [0.05, 0.1) is 17.8 Å². The Hall–Kier alpha value is -1.63.